The van der Waals surface area contributed by atoms with Gasteiger partial charge in [-0.15, -0.1) is 0 Å². The second-order valence-electron chi connectivity index (χ2n) is 10.0. The number of amides is 2. The van der Waals surface area contributed by atoms with Crippen molar-refractivity contribution in [1.29, 1.82) is 0 Å². The fourth-order valence-corrected chi connectivity index (χ4v) is 5.41. The quantitative estimate of drug-likeness (QED) is 0.649. The molecule has 0 radical (unpaired) electrons. The van der Waals surface area contributed by atoms with Gasteiger partial charge in [-0.2, -0.15) is 0 Å². The highest BCUT2D eigenvalue weighted by Crippen LogP contribution is 2.48. The predicted octanol–water partition coefficient (Wildman–Crippen LogP) is 5.62. The number of phenols is 2. The van der Waals surface area contributed by atoms with Gasteiger partial charge in [0.05, 0.1) is 12.3 Å². The van der Waals surface area contributed by atoms with Gasteiger partial charge in [0.25, 0.3) is 5.24 Å². The summed E-state index contributed by atoms with van der Waals surface area (Å²) in [6.45, 7) is 11.1. The van der Waals surface area contributed by atoms with E-state index < -0.39 is 0 Å². The number of carbonyl (C=O) groups excluding carboxylic acids is 2. The lowest BCUT2D eigenvalue weighted by molar-refractivity contribution is -0.125. The number of hydrogen-bond donors (Lipinski definition) is 2. The van der Waals surface area contributed by atoms with Crippen molar-refractivity contribution >= 4 is 22.9 Å². The van der Waals surface area contributed by atoms with E-state index in [9.17, 15) is 19.8 Å². The first kappa shape index (κ1) is 21.8. The van der Waals surface area contributed by atoms with Crippen molar-refractivity contribution in [2.45, 2.75) is 64.8 Å². The van der Waals surface area contributed by atoms with E-state index in [0.717, 1.165) is 40.6 Å². The van der Waals surface area contributed by atoms with Crippen LogP contribution >= 0.6 is 11.8 Å². The van der Waals surface area contributed by atoms with E-state index in [-0.39, 0.29) is 45.8 Å². The molecule has 164 valence electrons. The Bertz CT molecular complexity index is 1090. The van der Waals surface area contributed by atoms with Gasteiger partial charge in [0.1, 0.15) is 11.5 Å². The smallest absolute Gasteiger partial charge is 0.289 e. The van der Waals surface area contributed by atoms with E-state index in [4.69, 9.17) is 0 Å². The highest BCUT2D eigenvalue weighted by molar-refractivity contribution is 8.14. The van der Waals surface area contributed by atoms with Gasteiger partial charge in [-0.3, -0.25) is 14.5 Å². The molecule has 1 aliphatic carbocycles. The summed E-state index contributed by atoms with van der Waals surface area (Å²) >= 11 is 0.966. The summed E-state index contributed by atoms with van der Waals surface area (Å²) < 4.78 is 0. The van der Waals surface area contributed by atoms with Crippen LogP contribution in [0.4, 0.5) is 4.79 Å². The first-order valence-corrected chi connectivity index (χ1v) is 11.6. The third kappa shape index (κ3) is 3.71. The number of aromatic hydroxyl groups is 2. The minimum Gasteiger partial charge on any atom is -0.507 e. The number of rotatable bonds is 3. The zero-order chi connectivity index (χ0) is 22.7. The summed E-state index contributed by atoms with van der Waals surface area (Å²) in [7, 11) is 0. The number of aryl methyl sites for hydroxylation is 1. The molecule has 0 aromatic heterocycles. The molecule has 2 N–H and O–H groups in total. The molecular weight excluding hydrogens is 410 g/mol. The molecule has 2 aliphatic rings. The van der Waals surface area contributed by atoms with Crippen LogP contribution in [0.15, 0.2) is 24.3 Å². The standard InChI is InChI=1S/C25H29NO4S/c1-14-8-18-19(25(4,5)7-6-24(18,2)3)10-16(14)17-9-15(20(27)11-21(17)28)12-26-22(29)13-31-23(26)30/h8-11,27-28H,6-7,12-13H2,1-5H3. The molecule has 0 saturated carbocycles. The number of phenolic OH excluding ortho intramolecular Hbond substituents is 2. The lowest BCUT2D eigenvalue weighted by Gasteiger charge is -2.42. The van der Waals surface area contributed by atoms with Gasteiger partial charge in [-0.05, 0) is 65.0 Å². The second-order valence-corrected chi connectivity index (χ2v) is 10.9. The molecule has 5 nitrogen and oxygen atoms in total. The maximum atomic E-state index is 12.0. The van der Waals surface area contributed by atoms with Crippen molar-refractivity contribution in [3.05, 3.63) is 46.5 Å². The Balaban J connectivity index is 1.83. The monoisotopic (exact) mass is 439 g/mol. The lowest BCUT2D eigenvalue weighted by atomic mass is 9.62. The third-order valence-corrected chi connectivity index (χ3v) is 7.71. The lowest BCUT2D eigenvalue weighted by Crippen LogP contribution is -2.34. The van der Waals surface area contributed by atoms with E-state index in [1.54, 1.807) is 6.07 Å². The average molecular weight is 440 g/mol. The Morgan fingerprint density at radius 2 is 1.52 bits per heavy atom. The van der Waals surface area contributed by atoms with Gasteiger partial charge < -0.3 is 10.2 Å². The van der Waals surface area contributed by atoms with Gasteiger partial charge in [0, 0.05) is 17.2 Å². The Hall–Kier alpha value is -2.47. The first-order chi connectivity index (χ1) is 14.4. The topological polar surface area (TPSA) is 77.8 Å². The molecule has 0 unspecified atom stereocenters. The summed E-state index contributed by atoms with van der Waals surface area (Å²) in [6.07, 6.45) is 2.20. The molecule has 1 aliphatic heterocycles. The van der Waals surface area contributed by atoms with Crippen LogP contribution in [0.25, 0.3) is 11.1 Å². The van der Waals surface area contributed by atoms with Gasteiger partial charge in [0.2, 0.25) is 5.91 Å². The van der Waals surface area contributed by atoms with E-state index in [1.807, 2.05) is 6.92 Å². The van der Waals surface area contributed by atoms with Crippen LogP contribution < -0.4 is 0 Å². The highest BCUT2D eigenvalue weighted by atomic mass is 32.2. The molecule has 2 aromatic rings. The van der Waals surface area contributed by atoms with Crippen molar-refractivity contribution in [3.8, 4) is 22.6 Å². The molecule has 0 atom stereocenters. The summed E-state index contributed by atoms with van der Waals surface area (Å²) in [6, 6.07) is 7.39. The number of benzene rings is 2. The van der Waals surface area contributed by atoms with Gasteiger partial charge in [-0.25, -0.2) is 0 Å². The summed E-state index contributed by atoms with van der Waals surface area (Å²) in [4.78, 5) is 25.2. The van der Waals surface area contributed by atoms with Crippen LogP contribution in [-0.2, 0) is 22.2 Å². The van der Waals surface area contributed by atoms with E-state index in [0.29, 0.717) is 11.1 Å². The van der Waals surface area contributed by atoms with E-state index in [2.05, 4.69) is 39.8 Å². The fraction of sp³-hybridized carbons (Fsp3) is 0.440. The van der Waals surface area contributed by atoms with Crippen LogP contribution in [0.5, 0.6) is 11.5 Å². The molecular formula is C25H29NO4S. The number of thioether (sulfide) groups is 1. The fourth-order valence-electron chi connectivity index (χ4n) is 4.68. The summed E-state index contributed by atoms with van der Waals surface area (Å²) in [5.74, 6) is -0.293. The summed E-state index contributed by atoms with van der Waals surface area (Å²) in [5.41, 5.74) is 5.71. The van der Waals surface area contributed by atoms with Crippen LogP contribution in [-0.4, -0.2) is 32.0 Å². The Morgan fingerprint density at radius 3 is 2.10 bits per heavy atom. The molecule has 2 amide bonds. The van der Waals surface area contributed by atoms with Crippen molar-refractivity contribution in [2.75, 3.05) is 5.75 Å². The molecule has 0 spiro atoms. The zero-order valence-corrected chi connectivity index (χ0v) is 19.5. The number of hydrogen-bond acceptors (Lipinski definition) is 5. The zero-order valence-electron chi connectivity index (χ0n) is 18.7. The maximum absolute atomic E-state index is 12.0. The molecule has 1 saturated heterocycles. The van der Waals surface area contributed by atoms with Crippen molar-refractivity contribution in [3.63, 3.8) is 0 Å². The SMILES string of the molecule is Cc1cc2c(cc1-c1cc(CN3C(=O)CSC3=O)c(O)cc1O)C(C)(C)CCC2(C)C. The van der Waals surface area contributed by atoms with E-state index >= 15 is 0 Å². The average Bonchev–Trinajstić information content (AvgIpc) is 2.99. The second kappa shape index (κ2) is 7.30. The van der Waals surface area contributed by atoms with Crippen LogP contribution in [0, 0.1) is 6.92 Å². The summed E-state index contributed by atoms with van der Waals surface area (Å²) in [5, 5.41) is 20.8. The van der Waals surface area contributed by atoms with Gasteiger partial charge >= 0.3 is 0 Å². The van der Waals surface area contributed by atoms with Crippen LogP contribution in [0.3, 0.4) is 0 Å². The molecule has 4 rings (SSSR count). The van der Waals surface area contributed by atoms with Crippen LogP contribution in [0.2, 0.25) is 0 Å². The number of carbonyl (C=O) groups is 2. The largest absolute Gasteiger partial charge is 0.507 e. The minimum atomic E-state index is -0.312. The molecule has 1 fully saturated rings. The van der Waals surface area contributed by atoms with Crippen molar-refractivity contribution in [2.24, 2.45) is 0 Å². The molecule has 31 heavy (non-hydrogen) atoms. The first-order valence-electron chi connectivity index (χ1n) is 10.6. The Labute approximate surface area is 187 Å². The molecule has 6 heteroatoms. The minimum absolute atomic E-state index is 0.00765. The Kier molecular flexibility index (Phi) is 5.12. The maximum Gasteiger partial charge on any atom is 0.289 e. The molecule has 1 heterocycles. The van der Waals surface area contributed by atoms with E-state index in [1.165, 1.54) is 17.2 Å². The third-order valence-electron chi connectivity index (χ3n) is 6.85. The van der Waals surface area contributed by atoms with Gasteiger partial charge in [-0.1, -0.05) is 45.5 Å². The number of fused-ring (bicyclic) bond motifs is 1. The molecule has 2 aromatic carbocycles. The Morgan fingerprint density at radius 1 is 0.903 bits per heavy atom. The predicted molar refractivity (Wildman–Crippen MR) is 124 cm³/mol. The highest BCUT2D eigenvalue weighted by Gasteiger charge is 2.38. The number of imide groups is 1. The number of nitrogens with zero attached hydrogens (tertiary/aromatic N) is 1. The van der Waals surface area contributed by atoms with Crippen molar-refractivity contribution < 1.29 is 19.8 Å². The molecule has 0 bridgehead atoms. The normalized spacial score (nSPS) is 19.6. The van der Waals surface area contributed by atoms with Crippen LogP contribution in [0.1, 0.15) is 62.8 Å². The van der Waals surface area contributed by atoms with Crippen molar-refractivity contribution in [1.82, 2.24) is 4.90 Å². The van der Waals surface area contributed by atoms with Gasteiger partial charge in [0.15, 0.2) is 0 Å².